The van der Waals surface area contributed by atoms with Crippen LogP contribution < -0.4 is 0 Å². The molecule has 0 aromatic carbocycles. The fourth-order valence-corrected chi connectivity index (χ4v) is 3.03. The summed E-state index contributed by atoms with van der Waals surface area (Å²) in [6.45, 7) is 2.57. The van der Waals surface area contributed by atoms with Gasteiger partial charge in [0.2, 0.25) is 0 Å². The number of aliphatic hydroxyl groups is 1. The van der Waals surface area contributed by atoms with Crippen LogP contribution >= 0.6 is 0 Å². The SMILES string of the molecule is CCCCO[C@H]1CS(=O)(=O)C[C@@H]1O. The summed E-state index contributed by atoms with van der Waals surface area (Å²) in [5, 5.41) is 9.32. The molecular weight excluding hydrogens is 192 g/mol. The summed E-state index contributed by atoms with van der Waals surface area (Å²) < 4.78 is 27.4. The zero-order valence-corrected chi connectivity index (χ0v) is 8.59. The lowest BCUT2D eigenvalue weighted by atomic mass is 10.2. The van der Waals surface area contributed by atoms with Crippen molar-refractivity contribution >= 4 is 9.84 Å². The van der Waals surface area contributed by atoms with Crippen LogP contribution in [0.5, 0.6) is 0 Å². The van der Waals surface area contributed by atoms with Crippen molar-refractivity contribution in [2.75, 3.05) is 18.1 Å². The third-order valence-electron chi connectivity index (χ3n) is 2.10. The van der Waals surface area contributed by atoms with E-state index in [0.717, 1.165) is 12.8 Å². The van der Waals surface area contributed by atoms with E-state index in [1.54, 1.807) is 0 Å². The molecule has 0 bridgehead atoms. The highest BCUT2D eigenvalue weighted by atomic mass is 32.2. The lowest BCUT2D eigenvalue weighted by Crippen LogP contribution is -2.27. The normalized spacial score (nSPS) is 32.2. The van der Waals surface area contributed by atoms with E-state index in [0.29, 0.717) is 6.61 Å². The molecule has 1 rings (SSSR count). The first-order valence-corrected chi connectivity index (χ1v) is 6.37. The van der Waals surface area contributed by atoms with Gasteiger partial charge in [-0.3, -0.25) is 0 Å². The van der Waals surface area contributed by atoms with Gasteiger partial charge < -0.3 is 9.84 Å². The monoisotopic (exact) mass is 208 g/mol. The third kappa shape index (κ3) is 3.25. The number of rotatable bonds is 4. The molecule has 1 fully saturated rings. The Labute approximate surface area is 78.8 Å². The van der Waals surface area contributed by atoms with Crippen molar-refractivity contribution in [3.05, 3.63) is 0 Å². The second-order valence-corrected chi connectivity index (χ2v) is 5.56. The summed E-state index contributed by atoms with van der Waals surface area (Å²) in [6, 6.07) is 0. The molecule has 1 heterocycles. The van der Waals surface area contributed by atoms with Crippen LogP contribution in [0.25, 0.3) is 0 Å². The van der Waals surface area contributed by atoms with Crippen LogP contribution in [0.15, 0.2) is 0 Å². The molecule has 0 aromatic heterocycles. The van der Waals surface area contributed by atoms with E-state index in [-0.39, 0.29) is 11.5 Å². The number of aliphatic hydroxyl groups excluding tert-OH is 1. The van der Waals surface area contributed by atoms with E-state index in [1.165, 1.54) is 0 Å². The van der Waals surface area contributed by atoms with Crippen LogP contribution in [-0.4, -0.2) is 43.8 Å². The quantitative estimate of drug-likeness (QED) is 0.658. The summed E-state index contributed by atoms with van der Waals surface area (Å²) in [6.07, 6.45) is 0.581. The lowest BCUT2D eigenvalue weighted by molar-refractivity contribution is -0.00854. The standard InChI is InChI=1S/C8H16O4S/c1-2-3-4-12-8-6-13(10,11)5-7(8)9/h7-9H,2-6H2,1H3/t7-,8-/m0/s1. The van der Waals surface area contributed by atoms with E-state index in [2.05, 4.69) is 0 Å². The molecule has 0 spiro atoms. The van der Waals surface area contributed by atoms with Gasteiger partial charge in [0.05, 0.1) is 23.7 Å². The molecule has 4 nitrogen and oxygen atoms in total. The average molecular weight is 208 g/mol. The first kappa shape index (κ1) is 10.9. The van der Waals surface area contributed by atoms with E-state index >= 15 is 0 Å². The highest BCUT2D eigenvalue weighted by Crippen LogP contribution is 2.15. The molecule has 1 aliphatic rings. The fraction of sp³-hybridized carbons (Fsp3) is 1.00. The van der Waals surface area contributed by atoms with Gasteiger partial charge in [-0.25, -0.2) is 8.42 Å². The Morgan fingerprint density at radius 1 is 1.46 bits per heavy atom. The van der Waals surface area contributed by atoms with Crippen LogP contribution in [-0.2, 0) is 14.6 Å². The van der Waals surface area contributed by atoms with Crippen molar-refractivity contribution in [2.24, 2.45) is 0 Å². The molecule has 0 saturated carbocycles. The minimum atomic E-state index is -3.06. The molecule has 2 atom stereocenters. The van der Waals surface area contributed by atoms with Crippen molar-refractivity contribution in [3.8, 4) is 0 Å². The molecule has 1 aliphatic heterocycles. The van der Waals surface area contributed by atoms with Crippen LogP contribution in [0.3, 0.4) is 0 Å². The van der Waals surface area contributed by atoms with Crippen LogP contribution in [0.4, 0.5) is 0 Å². The highest BCUT2D eigenvalue weighted by molar-refractivity contribution is 7.91. The Kier molecular flexibility index (Phi) is 3.70. The predicted octanol–water partition coefficient (Wildman–Crippen LogP) is -0.0390. The van der Waals surface area contributed by atoms with Gasteiger partial charge in [0.25, 0.3) is 0 Å². The van der Waals surface area contributed by atoms with Gasteiger partial charge in [-0.15, -0.1) is 0 Å². The van der Waals surface area contributed by atoms with Crippen molar-refractivity contribution < 1.29 is 18.3 Å². The Morgan fingerprint density at radius 3 is 2.62 bits per heavy atom. The lowest BCUT2D eigenvalue weighted by Gasteiger charge is -2.13. The maximum absolute atomic E-state index is 11.0. The minimum Gasteiger partial charge on any atom is -0.389 e. The molecule has 0 aliphatic carbocycles. The number of ether oxygens (including phenoxy) is 1. The Hall–Kier alpha value is -0.130. The number of hydrogen-bond donors (Lipinski definition) is 1. The molecule has 5 heteroatoms. The summed E-state index contributed by atoms with van der Waals surface area (Å²) in [4.78, 5) is 0. The molecule has 1 N–H and O–H groups in total. The summed E-state index contributed by atoms with van der Waals surface area (Å²) in [7, 11) is -3.06. The van der Waals surface area contributed by atoms with E-state index < -0.39 is 22.0 Å². The maximum Gasteiger partial charge on any atom is 0.155 e. The number of hydrogen-bond acceptors (Lipinski definition) is 4. The Morgan fingerprint density at radius 2 is 2.15 bits per heavy atom. The highest BCUT2D eigenvalue weighted by Gasteiger charge is 2.36. The fourth-order valence-electron chi connectivity index (χ4n) is 1.34. The maximum atomic E-state index is 11.0. The molecule has 0 unspecified atom stereocenters. The van der Waals surface area contributed by atoms with Gasteiger partial charge in [0.1, 0.15) is 0 Å². The van der Waals surface area contributed by atoms with Crippen molar-refractivity contribution in [3.63, 3.8) is 0 Å². The van der Waals surface area contributed by atoms with E-state index in [4.69, 9.17) is 4.74 Å². The Balaban J connectivity index is 2.36. The largest absolute Gasteiger partial charge is 0.389 e. The van der Waals surface area contributed by atoms with Gasteiger partial charge in [-0.05, 0) is 6.42 Å². The summed E-state index contributed by atoms with van der Waals surface area (Å²) in [5.74, 6) is -0.179. The molecule has 13 heavy (non-hydrogen) atoms. The first-order valence-electron chi connectivity index (χ1n) is 4.55. The molecule has 78 valence electrons. The second kappa shape index (κ2) is 4.39. The molecule has 0 amide bonds. The van der Waals surface area contributed by atoms with Crippen LogP contribution in [0.2, 0.25) is 0 Å². The smallest absolute Gasteiger partial charge is 0.155 e. The van der Waals surface area contributed by atoms with E-state index in [9.17, 15) is 13.5 Å². The van der Waals surface area contributed by atoms with Crippen molar-refractivity contribution in [1.29, 1.82) is 0 Å². The van der Waals surface area contributed by atoms with Crippen molar-refractivity contribution in [1.82, 2.24) is 0 Å². The first-order chi connectivity index (χ1) is 6.05. The van der Waals surface area contributed by atoms with E-state index in [1.807, 2.05) is 6.92 Å². The topological polar surface area (TPSA) is 63.6 Å². The summed E-state index contributed by atoms with van der Waals surface area (Å²) in [5.41, 5.74) is 0. The van der Waals surface area contributed by atoms with Crippen LogP contribution in [0, 0.1) is 0 Å². The van der Waals surface area contributed by atoms with Crippen LogP contribution in [0.1, 0.15) is 19.8 Å². The zero-order chi connectivity index (χ0) is 9.90. The average Bonchev–Trinajstić information content (AvgIpc) is 2.25. The molecule has 1 saturated heterocycles. The van der Waals surface area contributed by atoms with Crippen molar-refractivity contribution in [2.45, 2.75) is 32.0 Å². The summed E-state index contributed by atoms with van der Waals surface area (Å²) >= 11 is 0. The van der Waals surface area contributed by atoms with Gasteiger partial charge in [-0.1, -0.05) is 13.3 Å². The number of unbranched alkanes of at least 4 members (excludes halogenated alkanes) is 1. The van der Waals surface area contributed by atoms with Gasteiger partial charge in [0, 0.05) is 6.61 Å². The second-order valence-electron chi connectivity index (χ2n) is 3.41. The number of sulfone groups is 1. The van der Waals surface area contributed by atoms with Gasteiger partial charge in [0.15, 0.2) is 9.84 Å². The molecule has 0 radical (unpaired) electrons. The molecule has 0 aromatic rings. The van der Waals surface area contributed by atoms with Gasteiger partial charge >= 0.3 is 0 Å². The van der Waals surface area contributed by atoms with Gasteiger partial charge in [-0.2, -0.15) is 0 Å². The predicted molar refractivity (Wildman–Crippen MR) is 49.3 cm³/mol. The minimum absolute atomic E-state index is 0.0299. The molecular formula is C8H16O4S. The zero-order valence-electron chi connectivity index (χ0n) is 7.77. The third-order valence-corrected chi connectivity index (χ3v) is 3.79. The Bertz CT molecular complexity index is 247.